The second-order valence-corrected chi connectivity index (χ2v) is 8.23. The predicted octanol–water partition coefficient (Wildman–Crippen LogP) is 4.57. The van der Waals surface area contributed by atoms with Gasteiger partial charge in [-0.2, -0.15) is 0 Å². The molecule has 0 aliphatic carbocycles. The van der Waals surface area contributed by atoms with Crippen LogP contribution in [0.2, 0.25) is 0 Å². The summed E-state index contributed by atoms with van der Waals surface area (Å²) < 4.78 is 16.1. The van der Waals surface area contributed by atoms with Crippen molar-refractivity contribution in [2.75, 3.05) is 27.4 Å². The van der Waals surface area contributed by atoms with Gasteiger partial charge in [-0.3, -0.25) is 4.79 Å². The number of methoxy groups -OCH3 is 2. The fourth-order valence-electron chi connectivity index (χ4n) is 3.16. The topological polar surface area (TPSA) is 69.7 Å². The molecule has 0 aliphatic rings. The average molecular weight is 441 g/mol. The summed E-state index contributed by atoms with van der Waals surface area (Å²) in [5, 5.41) is 6.13. The Morgan fingerprint density at radius 1 is 1.10 bits per heavy atom. The number of carbonyl (C=O) groups excluding carboxylic acids is 1. The minimum atomic E-state index is -0.160. The lowest BCUT2D eigenvalue weighted by molar-refractivity contribution is -0.121. The molecular formula is C24H28N2O4S. The third kappa shape index (κ3) is 6.29. The van der Waals surface area contributed by atoms with Crippen molar-refractivity contribution in [3.8, 4) is 22.8 Å². The Labute approximate surface area is 187 Å². The minimum Gasteiger partial charge on any atom is -0.493 e. The normalized spacial score (nSPS) is 11.7. The fraction of sp³-hybridized carbons (Fsp3) is 0.333. The van der Waals surface area contributed by atoms with Gasteiger partial charge >= 0.3 is 0 Å². The Bertz CT molecular complexity index is 1000. The van der Waals surface area contributed by atoms with Gasteiger partial charge in [0, 0.05) is 18.1 Å². The number of aromatic nitrogens is 1. The molecule has 3 rings (SSSR count). The van der Waals surface area contributed by atoms with Crippen molar-refractivity contribution in [1.29, 1.82) is 0 Å². The summed E-state index contributed by atoms with van der Waals surface area (Å²) in [6, 6.07) is 13.5. The van der Waals surface area contributed by atoms with E-state index in [1.54, 1.807) is 25.6 Å². The van der Waals surface area contributed by atoms with Crippen LogP contribution in [0.4, 0.5) is 0 Å². The molecule has 0 aliphatic heterocycles. The summed E-state index contributed by atoms with van der Waals surface area (Å²) in [4.78, 5) is 17.1. The van der Waals surface area contributed by atoms with Crippen LogP contribution in [0.5, 0.6) is 11.5 Å². The highest BCUT2D eigenvalue weighted by Gasteiger charge is 2.14. The molecule has 164 valence electrons. The van der Waals surface area contributed by atoms with E-state index in [9.17, 15) is 4.79 Å². The van der Waals surface area contributed by atoms with Gasteiger partial charge in [0.05, 0.1) is 36.9 Å². The fourth-order valence-corrected chi connectivity index (χ4v) is 3.78. The maximum atomic E-state index is 12.6. The molecule has 1 N–H and O–H groups in total. The average Bonchev–Trinajstić information content (AvgIpc) is 3.20. The first-order valence-electron chi connectivity index (χ1n) is 10.1. The zero-order valence-electron chi connectivity index (χ0n) is 18.3. The Balaban J connectivity index is 1.58. The molecular weight excluding hydrogens is 412 g/mol. The second-order valence-electron chi connectivity index (χ2n) is 7.17. The van der Waals surface area contributed by atoms with E-state index in [2.05, 4.69) is 10.3 Å². The van der Waals surface area contributed by atoms with Crippen LogP contribution in [0.15, 0.2) is 47.8 Å². The lowest BCUT2D eigenvalue weighted by atomic mass is 10.1. The molecule has 2 aromatic carbocycles. The number of amides is 1. The van der Waals surface area contributed by atoms with Crippen LogP contribution in [-0.4, -0.2) is 38.3 Å². The van der Waals surface area contributed by atoms with Crippen LogP contribution in [0.3, 0.4) is 0 Å². The van der Waals surface area contributed by atoms with Crippen molar-refractivity contribution in [2.24, 2.45) is 0 Å². The standard InChI is InChI=1S/C24H28N2O4S/c1-16(20-9-10-22(23(14-20)29-4)30-12-11-28-3)25-24(27)13-18-5-7-19(8-6-18)21-15-31-17(2)26-21/h5-10,14-16H,11-13H2,1-4H3,(H,25,27). The molecule has 0 radical (unpaired) electrons. The highest BCUT2D eigenvalue weighted by Crippen LogP contribution is 2.30. The van der Waals surface area contributed by atoms with Crippen molar-refractivity contribution < 1.29 is 19.0 Å². The Morgan fingerprint density at radius 2 is 1.87 bits per heavy atom. The quantitative estimate of drug-likeness (QED) is 0.468. The van der Waals surface area contributed by atoms with Crippen molar-refractivity contribution in [2.45, 2.75) is 26.3 Å². The lowest BCUT2D eigenvalue weighted by Crippen LogP contribution is -2.28. The van der Waals surface area contributed by atoms with Gasteiger partial charge in [0.15, 0.2) is 11.5 Å². The van der Waals surface area contributed by atoms with E-state index in [4.69, 9.17) is 14.2 Å². The molecule has 0 bridgehead atoms. The third-order valence-electron chi connectivity index (χ3n) is 4.84. The maximum Gasteiger partial charge on any atom is 0.224 e. The molecule has 0 saturated carbocycles. The number of thiazole rings is 1. The summed E-state index contributed by atoms with van der Waals surface area (Å²) in [5.74, 6) is 1.24. The number of aryl methyl sites for hydroxylation is 1. The first-order valence-corrected chi connectivity index (χ1v) is 11.0. The van der Waals surface area contributed by atoms with Crippen molar-refractivity contribution in [1.82, 2.24) is 10.3 Å². The smallest absolute Gasteiger partial charge is 0.224 e. The molecule has 1 atom stereocenters. The number of benzene rings is 2. The van der Waals surface area contributed by atoms with Gasteiger partial charge < -0.3 is 19.5 Å². The van der Waals surface area contributed by atoms with Crippen LogP contribution in [-0.2, 0) is 16.0 Å². The molecule has 7 heteroatoms. The summed E-state index contributed by atoms with van der Waals surface area (Å²) >= 11 is 1.63. The van der Waals surface area contributed by atoms with Gasteiger partial charge in [0.25, 0.3) is 0 Å². The Kier molecular flexibility index (Phi) is 8.03. The third-order valence-corrected chi connectivity index (χ3v) is 5.62. The molecule has 1 amide bonds. The number of rotatable bonds is 10. The van der Waals surface area contributed by atoms with Gasteiger partial charge in [-0.15, -0.1) is 11.3 Å². The molecule has 1 aromatic heterocycles. The van der Waals surface area contributed by atoms with Gasteiger partial charge in [-0.05, 0) is 37.1 Å². The molecule has 0 saturated heterocycles. The maximum absolute atomic E-state index is 12.6. The van der Waals surface area contributed by atoms with Crippen molar-refractivity contribution >= 4 is 17.2 Å². The Morgan fingerprint density at radius 3 is 2.52 bits per heavy atom. The number of hydrogen-bond acceptors (Lipinski definition) is 6. The van der Waals surface area contributed by atoms with E-state index >= 15 is 0 Å². The van der Waals surface area contributed by atoms with E-state index in [1.165, 1.54) is 0 Å². The molecule has 1 unspecified atom stereocenters. The summed E-state index contributed by atoms with van der Waals surface area (Å²) in [7, 11) is 3.23. The van der Waals surface area contributed by atoms with Crippen LogP contribution in [0.25, 0.3) is 11.3 Å². The van der Waals surface area contributed by atoms with Gasteiger partial charge in [-0.25, -0.2) is 4.98 Å². The number of nitrogens with one attached hydrogen (secondary N) is 1. The van der Waals surface area contributed by atoms with E-state index in [-0.39, 0.29) is 11.9 Å². The summed E-state index contributed by atoms with van der Waals surface area (Å²) in [6.07, 6.45) is 0.316. The highest BCUT2D eigenvalue weighted by atomic mass is 32.1. The lowest BCUT2D eigenvalue weighted by Gasteiger charge is -2.17. The molecule has 0 spiro atoms. The van der Waals surface area contributed by atoms with Crippen LogP contribution in [0.1, 0.15) is 29.1 Å². The zero-order valence-corrected chi connectivity index (χ0v) is 19.1. The van der Waals surface area contributed by atoms with E-state index in [0.717, 1.165) is 27.4 Å². The molecule has 0 fully saturated rings. The predicted molar refractivity (Wildman–Crippen MR) is 123 cm³/mol. The van der Waals surface area contributed by atoms with Gasteiger partial charge in [-0.1, -0.05) is 30.3 Å². The number of ether oxygens (including phenoxy) is 3. The number of nitrogens with zero attached hydrogens (tertiary/aromatic N) is 1. The number of hydrogen-bond donors (Lipinski definition) is 1. The van der Waals surface area contributed by atoms with E-state index in [0.29, 0.717) is 31.1 Å². The van der Waals surface area contributed by atoms with Crippen LogP contribution < -0.4 is 14.8 Å². The van der Waals surface area contributed by atoms with Gasteiger partial charge in [0.1, 0.15) is 6.61 Å². The van der Waals surface area contributed by atoms with E-state index in [1.807, 2.05) is 61.7 Å². The number of carbonyl (C=O) groups is 1. The minimum absolute atomic E-state index is 0.0378. The first kappa shape index (κ1) is 22.8. The highest BCUT2D eigenvalue weighted by molar-refractivity contribution is 7.09. The zero-order chi connectivity index (χ0) is 22.2. The monoisotopic (exact) mass is 440 g/mol. The molecule has 6 nitrogen and oxygen atoms in total. The van der Waals surface area contributed by atoms with Gasteiger partial charge in [0.2, 0.25) is 5.91 Å². The van der Waals surface area contributed by atoms with Crippen molar-refractivity contribution in [3.63, 3.8) is 0 Å². The van der Waals surface area contributed by atoms with Crippen molar-refractivity contribution in [3.05, 3.63) is 64.0 Å². The Hall–Kier alpha value is -2.90. The SMILES string of the molecule is COCCOc1ccc(C(C)NC(=O)Cc2ccc(-c3csc(C)n3)cc2)cc1OC. The second kappa shape index (κ2) is 10.9. The first-order chi connectivity index (χ1) is 15.0. The summed E-state index contributed by atoms with van der Waals surface area (Å²) in [5.41, 5.74) is 3.93. The summed E-state index contributed by atoms with van der Waals surface area (Å²) in [6.45, 7) is 4.89. The molecule has 31 heavy (non-hydrogen) atoms. The van der Waals surface area contributed by atoms with Crippen LogP contribution in [0, 0.1) is 6.92 Å². The molecule has 3 aromatic rings. The largest absolute Gasteiger partial charge is 0.493 e. The molecule has 1 heterocycles. The van der Waals surface area contributed by atoms with Crippen LogP contribution >= 0.6 is 11.3 Å². The van der Waals surface area contributed by atoms with E-state index < -0.39 is 0 Å².